The van der Waals surface area contributed by atoms with Gasteiger partial charge in [0.2, 0.25) is 5.91 Å². The first-order chi connectivity index (χ1) is 12.5. The summed E-state index contributed by atoms with van der Waals surface area (Å²) in [6.07, 6.45) is 7.22. The molecule has 1 aromatic carbocycles. The first-order valence-corrected chi connectivity index (χ1v) is 10.7. The molecule has 6 rings (SSSR count). The van der Waals surface area contributed by atoms with Crippen LogP contribution < -0.4 is 4.90 Å². The maximum Gasteiger partial charge on any atom is 0.231 e. The largest absolute Gasteiger partial charge is 0.309 e. The third-order valence-electron chi connectivity index (χ3n) is 8.28. The van der Waals surface area contributed by atoms with Gasteiger partial charge in [0, 0.05) is 31.4 Å². The van der Waals surface area contributed by atoms with Crippen molar-refractivity contribution < 1.29 is 4.79 Å². The van der Waals surface area contributed by atoms with Gasteiger partial charge < -0.3 is 9.80 Å². The number of carbonyl (C=O) groups excluding carboxylic acids is 1. The van der Waals surface area contributed by atoms with Crippen LogP contribution in [0.1, 0.15) is 51.5 Å². The van der Waals surface area contributed by atoms with Crippen LogP contribution in [0.2, 0.25) is 0 Å². The molecule has 1 aromatic rings. The number of anilines is 1. The second-order valence-electron chi connectivity index (χ2n) is 9.80. The molecule has 3 aliphatic carbocycles. The van der Waals surface area contributed by atoms with Crippen molar-refractivity contribution in [1.82, 2.24) is 4.90 Å². The zero-order valence-electron chi connectivity index (χ0n) is 16.3. The molecule has 3 atom stereocenters. The average Bonchev–Trinajstić information content (AvgIpc) is 2.98. The highest BCUT2D eigenvalue weighted by atomic mass is 16.2. The predicted molar refractivity (Wildman–Crippen MR) is 105 cm³/mol. The molecule has 2 heterocycles. The van der Waals surface area contributed by atoms with Crippen LogP contribution in [0.25, 0.3) is 0 Å². The standard InChI is InChI=1S/C23H32N2O/c1-23(2)18-8-7-17(20(23)14-18)15-24-11-9-19(10-12-24)25-21-6-4-3-5-16(21)13-22(25)26/h3-6,17-20H,7-15H2,1-2H3/t17-,18+,20+/m0/s1. The van der Waals surface area contributed by atoms with Gasteiger partial charge in [-0.15, -0.1) is 0 Å². The van der Waals surface area contributed by atoms with Crippen LogP contribution in [-0.2, 0) is 11.2 Å². The van der Waals surface area contributed by atoms with Crippen LogP contribution in [0.3, 0.4) is 0 Å². The molecule has 0 N–H and O–H groups in total. The molecule has 5 aliphatic rings. The van der Waals surface area contributed by atoms with Crippen molar-refractivity contribution in [3.63, 3.8) is 0 Å². The molecular formula is C23H32N2O. The van der Waals surface area contributed by atoms with Crippen molar-refractivity contribution in [2.75, 3.05) is 24.5 Å². The van der Waals surface area contributed by atoms with Gasteiger partial charge in [0.05, 0.1) is 6.42 Å². The zero-order valence-corrected chi connectivity index (χ0v) is 16.3. The molecule has 0 spiro atoms. The molecule has 1 saturated heterocycles. The van der Waals surface area contributed by atoms with Crippen molar-refractivity contribution in [3.05, 3.63) is 29.8 Å². The van der Waals surface area contributed by atoms with Crippen LogP contribution in [-0.4, -0.2) is 36.5 Å². The average molecular weight is 353 g/mol. The Bertz CT molecular complexity index is 702. The fourth-order valence-corrected chi connectivity index (χ4v) is 6.55. The Hall–Kier alpha value is -1.35. The molecule has 0 aromatic heterocycles. The third-order valence-corrected chi connectivity index (χ3v) is 8.28. The SMILES string of the molecule is CC1(C)[C@@H]2CC[C@@H](CN3CCC(N4C(=O)Cc5ccccc54)CC3)[C@H]1C2. The van der Waals surface area contributed by atoms with Gasteiger partial charge in [-0.25, -0.2) is 0 Å². The normalized spacial score (nSPS) is 33.8. The van der Waals surface area contributed by atoms with E-state index in [9.17, 15) is 4.79 Å². The minimum absolute atomic E-state index is 0.305. The van der Waals surface area contributed by atoms with Crippen molar-refractivity contribution in [3.8, 4) is 0 Å². The topological polar surface area (TPSA) is 23.6 Å². The summed E-state index contributed by atoms with van der Waals surface area (Å²) < 4.78 is 0. The summed E-state index contributed by atoms with van der Waals surface area (Å²) in [7, 11) is 0. The summed E-state index contributed by atoms with van der Waals surface area (Å²) in [6, 6.07) is 8.76. The van der Waals surface area contributed by atoms with Gasteiger partial charge in [-0.2, -0.15) is 0 Å². The lowest BCUT2D eigenvalue weighted by molar-refractivity contribution is -0.118. The summed E-state index contributed by atoms with van der Waals surface area (Å²) in [5.74, 6) is 3.15. The number of nitrogens with zero attached hydrogens (tertiary/aromatic N) is 2. The zero-order chi connectivity index (χ0) is 17.9. The number of hydrogen-bond donors (Lipinski definition) is 0. The summed E-state index contributed by atoms with van der Waals surface area (Å²) in [5.41, 5.74) is 2.97. The predicted octanol–water partition coefficient (Wildman–Crippen LogP) is 4.11. The summed E-state index contributed by atoms with van der Waals surface area (Å²) >= 11 is 0. The van der Waals surface area contributed by atoms with E-state index in [-0.39, 0.29) is 0 Å². The highest BCUT2D eigenvalue weighted by Gasteiger charge is 2.54. The molecule has 26 heavy (non-hydrogen) atoms. The van der Waals surface area contributed by atoms with E-state index in [1.54, 1.807) is 0 Å². The van der Waals surface area contributed by atoms with E-state index in [1.807, 2.05) is 0 Å². The molecule has 140 valence electrons. The van der Waals surface area contributed by atoms with Gasteiger partial charge in [-0.05, 0) is 66.9 Å². The fraction of sp³-hybridized carbons (Fsp3) is 0.696. The first-order valence-electron chi connectivity index (χ1n) is 10.7. The van der Waals surface area contributed by atoms with E-state index in [2.05, 4.69) is 47.9 Å². The highest BCUT2D eigenvalue weighted by Crippen LogP contribution is 2.61. The number of likely N-dealkylation sites (tertiary alicyclic amines) is 1. The van der Waals surface area contributed by atoms with E-state index in [4.69, 9.17) is 0 Å². The van der Waals surface area contributed by atoms with Gasteiger partial charge in [0.15, 0.2) is 0 Å². The molecule has 3 saturated carbocycles. The Morgan fingerprint density at radius 2 is 1.85 bits per heavy atom. The van der Waals surface area contributed by atoms with E-state index in [0.29, 0.717) is 23.8 Å². The van der Waals surface area contributed by atoms with Gasteiger partial charge in [0.1, 0.15) is 0 Å². The third kappa shape index (κ3) is 2.54. The molecule has 4 fully saturated rings. The quantitative estimate of drug-likeness (QED) is 0.817. The Balaban J connectivity index is 1.20. The monoisotopic (exact) mass is 352 g/mol. The lowest BCUT2D eigenvalue weighted by Crippen LogP contribution is -2.55. The number of benzene rings is 1. The molecule has 2 bridgehead atoms. The van der Waals surface area contributed by atoms with Crippen LogP contribution >= 0.6 is 0 Å². The second-order valence-corrected chi connectivity index (χ2v) is 9.80. The van der Waals surface area contributed by atoms with Crippen molar-refractivity contribution >= 4 is 11.6 Å². The molecular weight excluding hydrogens is 320 g/mol. The summed E-state index contributed by atoms with van der Waals surface area (Å²) in [4.78, 5) is 17.4. The van der Waals surface area contributed by atoms with Crippen molar-refractivity contribution in [1.29, 1.82) is 0 Å². The van der Waals surface area contributed by atoms with Crippen LogP contribution in [0.4, 0.5) is 5.69 Å². The highest BCUT2D eigenvalue weighted by molar-refractivity contribution is 6.01. The number of para-hydroxylation sites is 1. The van der Waals surface area contributed by atoms with Gasteiger partial charge in [-0.1, -0.05) is 32.0 Å². The van der Waals surface area contributed by atoms with Gasteiger partial charge in [0.25, 0.3) is 0 Å². The minimum atomic E-state index is 0.305. The Morgan fingerprint density at radius 3 is 2.58 bits per heavy atom. The Kier molecular flexibility index (Phi) is 3.93. The number of hydrogen-bond acceptors (Lipinski definition) is 2. The molecule has 3 nitrogen and oxygen atoms in total. The Morgan fingerprint density at radius 1 is 1.08 bits per heavy atom. The van der Waals surface area contributed by atoms with Crippen LogP contribution in [0, 0.1) is 23.2 Å². The van der Waals surface area contributed by atoms with Gasteiger partial charge >= 0.3 is 0 Å². The molecule has 0 radical (unpaired) electrons. The number of carbonyl (C=O) groups is 1. The van der Waals surface area contributed by atoms with Crippen molar-refractivity contribution in [2.24, 2.45) is 23.2 Å². The lowest BCUT2D eigenvalue weighted by atomic mass is 9.45. The first kappa shape index (κ1) is 16.8. The van der Waals surface area contributed by atoms with E-state index >= 15 is 0 Å². The maximum absolute atomic E-state index is 12.6. The van der Waals surface area contributed by atoms with Crippen LogP contribution in [0.15, 0.2) is 24.3 Å². The van der Waals surface area contributed by atoms with E-state index < -0.39 is 0 Å². The maximum atomic E-state index is 12.6. The molecule has 0 unspecified atom stereocenters. The minimum Gasteiger partial charge on any atom is -0.309 e. The van der Waals surface area contributed by atoms with Crippen LogP contribution in [0.5, 0.6) is 0 Å². The van der Waals surface area contributed by atoms with Gasteiger partial charge in [-0.3, -0.25) is 4.79 Å². The number of fused-ring (bicyclic) bond motifs is 3. The smallest absolute Gasteiger partial charge is 0.231 e. The van der Waals surface area contributed by atoms with Crippen molar-refractivity contribution in [2.45, 2.75) is 58.4 Å². The molecule has 2 aliphatic heterocycles. The van der Waals surface area contributed by atoms with E-state index in [0.717, 1.165) is 43.7 Å². The number of amides is 1. The molecule has 3 heteroatoms. The van der Waals surface area contributed by atoms with E-state index in [1.165, 1.54) is 37.1 Å². The molecule has 1 amide bonds. The number of piperidine rings is 1. The number of rotatable bonds is 3. The fourth-order valence-electron chi connectivity index (χ4n) is 6.55. The second kappa shape index (κ2) is 6.09. The Labute approximate surface area is 157 Å². The lowest BCUT2D eigenvalue weighted by Gasteiger charge is -2.61. The summed E-state index contributed by atoms with van der Waals surface area (Å²) in [5, 5.41) is 0. The summed E-state index contributed by atoms with van der Waals surface area (Å²) in [6.45, 7) is 8.60.